The quantitative estimate of drug-likeness (QED) is 0.431. The number of carbonyl (C=O) groups excluding carboxylic acids is 1. The van der Waals surface area contributed by atoms with E-state index in [2.05, 4.69) is 4.99 Å². The van der Waals surface area contributed by atoms with Crippen molar-refractivity contribution in [1.82, 2.24) is 0 Å². The second-order valence-corrected chi connectivity index (χ2v) is 7.38. The molecule has 1 aliphatic heterocycles. The topological polar surface area (TPSA) is 110 Å². The fraction of sp³-hybridized carbons (Fsp3) is 0.0400. The van der Waals surface area contributed by atoms with Crippen molar-refractivity contribution in [3.05, 3.63) is 96.8 Å². The lowest BCUT2D eigenvalue weighted by Gasteiger charge is -2.29. The normalized spacial score (nSPS) is 14.6. The number of hydrogen-bond donors (Lipinski definition) is 2. The molecule has 1 aliphatic rings. The van der Waals surface area contributed by atoms with Crippen LogP contribution in [0.4, 0.5) is 27.7 Å². The van der Waals surface area contributed by atoms with Crippen LogP contribution in [0.15, 0.2) is 101 Å². The summed E-state index contributed by atoms with van der Waals surface area (Å²) in [5.41, 5.74) is 14.9. The third-order valence-corrected chi connectivity index (χ3v) is 5.27. The van der Waals surface area contributed by atoms with Crippen LogP contribution in [0.1, 0.15) is 11.7 Å². The van der Waals surface area contributed by atoms with E-state index in [-0.39, 0.29) is 0 Å². The molecule has 8 nitrogen and oxygen atoms in total. The number of para-hydroxylation sites is 1. The molecule has 1 atom stereocenters. The number of rotatable bonds is 5. The monoisotopic (exact) mass is 439 g/mol. The first-order valence-corrected chi connectivity index (χ1v) is 10.3. The number of amides is 2. The predicted octanol–water partition coefficient (Wildman–Crippen LogP) is 5.43. The van der Waals surface area contributed by atoms with Crippen LogP contribution >= 0.6 is 0 Å². The largest absolute Gasteiger partial charge is 0.457 e. The summed E-state index contributed by atoms with van der Waals surface area (Å²) >= 11 is 0. The molecule has 8 heteroatoms. The Balaban J connectivity index is 1.40. The average molecular weight is 439 g/mol. The van der Waals surface area contributed by atoms with E-state index in [0.29, 0.717) is 28.8 Å². The Morgan fingerprint density at radius 2 is 1.70 bits per heavy atom. The molecule has 3 aromatic carbocycles. The molecule has 0 spiro atoms. The fourth-order valence-corrected chi connectivity index (χ4v) is 3.69. The highest BCUT2D eigenvalue weighted by molar-refractivity contribution is 5.99. The van der Waals surface area contributed by atoms with Crippen molar-refractivity contribution in [2.24, 2.45) is 16.5 Å². The number of hydrogen-bond acceptors (Lipinski definition) is 6. The van der Waals surface area contributed by atoms with E-state index in [4.69, 9.17) is 20.6 Å². The Morgan fingerprint density at radius 1 is 0.939 bits per heavy atom. The molecule has 0 saturated carbocycles. The van der Waals surface area contributed by atoms with Crippen molar-refractivity contribution in [3.63, 3.8) is 0 Å². The van der Waals surface area contributed by atoms with E-state index in [1.165, 1.54) is 4.90 Å². The minimum absolute atomic E-state index is 0.429. The van der Waals surface area contributed by atoms with Crippen molar-refractivity contribution in [2.75, 3.05) is 9.80 Å². The zero-order valence-electron chi connectivity index (χ0n) is 17.5. The zero-order chi connectivity index (χ0) is 22.8. The molecule has 0 fully saturated rings. The number of aliphatic imine (C=N–C) groups is 1. The van der Waals surface area contributed by atoms with Gasteiger partial charge in [-0.3, -0.25) is 4.90 Å². The number of nitrogens with two attached hydrogens (primary N) is 2. The molecule has 33 heavy (non-hydrogen) atoms. The number of ether oxygens (including phenoxy) is 1. The van der Waals surface area contributed by atoms with Crippen molar-refractivity contribution >= 4 is 35.3 Å². The van der Waals surface area contributed by atoms with Crippen LogP contribution in [0.2, 0.25) is 0 Å². The SMILES string of the molecule is NC(=O)N(c1ccc(N2C=Nc3occc3C2N)cc1)c1cccc(Oc2ccccc2)c1. The Labute approximate surface area is 190 Å². The van der Waals surface area contributed by atoms with E-state index in [1.54, 1.807) is 42.9 Å². The minimum Gasteiger partial charge on any atom is -0.457 e. The second kappa shape index (κ2) is 8.52. The number of benzene rings is 3. The summed E-state index contributed by atoms with van der Waals surface area (Å²) in [6, 6.07) is 25.1. The van der Waals surface area contributed by atoms with Gasteiger partial charge in [0.15, 0.2) is 0 Å². The third kappa shape index (κ3) is 4.02. The molecule has 1 unspecified atom stereocenters. The highest BCUT2D eigenvalue weighted by Gasteiger charge is 2.25. The summed E-state index contributed by atoms with van der Waals surface area (Å²) in [6.45, 7) is 0. The Hall–Kier alpha value is -4.56. The molecular weight excluding hydrogens is 418 g/mol. The van der Waals surface area contributed by atoms with Crippen LogP contribution in [0.25, 0.3) is 0 Å². The standard InChI is InChI=1S/C25H21N5O3/c26-23-22-13-14-32-24(22)28-16-29(23)17-9-11-18(12-10-17)30(25(27)31)19-5-4-8-21(15-19)33-20-6-2-1-3-7-20/h1-16,23H,26H2,(H2,27,31). The number of fused-ring (bicyclic) bond motifs is 1. The third-order valence-electron chi connectivity index (χ3n) is 5.27. The molecule has 164 valence electrons. The molecule has 5 rings (SSSR count). The maximum absolute atomic E-state index is 12.4. The van der Waals surface area contributed by atoms with Gasteiger partial charge in [-0.2, -0.15) is 0 Å². The molecule has 0 bridgehead atoms. The minimum atomic E-state index is -0.612. The maximum atomic E-state index is 12.4. The van der Waals surface area contributed by atoms with Crippen LogP contribution in [0, 0.1) is 0 Å². The highest BCUT2D eigenvalue weighted by atomic mass is 16.5. The first-order chi connectivity index (χ1) is 16.1. The van der Waals surface area contributed by atoms with Gasteiger partial charge in [0.05, 0.1) is 23.2 Å². The maximum Gasteiger partial charge on any atom is 0.323 e. The molecule has 0 radical (unpaired) electrons. The summed E-state index contributed by atoms with van der Waals surface area (Å²) in [6.07, 6.45) is 2.76. The number of nitrogens with zero attached hydrogens (tertiary/aromatic N) is 3. The van der Waals surface area contributed by atoms with Gasteiger partial charge in [0.1, 0.15) is 24.0 Å². The molecular formula is C25H21N5O3. The molecule has 1 aromatic heterocycles. The number of furan rings is 1. The van der Waals surface area contributed by atoms with Crippen molar-refractivity contribution in [2.45, 2.75) is 6.17 Å². The summed E-state index contributed by atoms with van der Waals surface area (Å²) in [5.74, 6) is 1.80. The smallest absolute Gasteiger partial charge is 0.323 e. The van der Waals surface area contributed by atoms with Crippen LogP contribution in [-0.4, -0.2) is 12.4 Å². The lowest BCUT2D eigenvalue weighted by Crippen LogP contribution is -2.35. The van der Waals surface area contributed by atoms with Gasteiger partial charge in [-0.05, 0) is 54.6 Å². The van der Waals surface area contributed by atoms with E-state index in [9.17, 15) is 4.79 Å². The van der Waals surface area contributed by atoms with Crippen LogP contribution in [0.3, 0.4) is 0 Å². The summed E-state index contributed by atoms with van der Waals surface area (Å²) in [5, 5.41) is 0. The Kier molecular flexibility index (Phi) is 5.26. The van der Waals surface area contributed by atoms with Gasteiger partial charge in [0, 0.05) is 11.8 Å². The Morgan fingerprint density at radius 3 is 2.45 bits per heavy atom. The van der Waals surface area contributed by atoms with Crippen molar-refractivity contribution < 1.29 is 13.9 Å². The van der Waals surface area contributed by atoms with E-state index >= 15 is 0 Å². The average Bonchev–Trinajstić information content (AvgIpc) is 3.31. The lowest BCUT2D eigenvalue weighted by atomic mass is 10.1. The van der Waals surface area contributed by atoms with Gasteiger partial charge < -0.3 is 25.5 Å². The molecule has 0 aliphatic carbocycles. The summed E-state index contributed by atoms with van der Waals surface area (Å²) in [4.78, 5) is 19.9. The van der Waals surface area contributed by atoms with Crippen LogP contribution in [0.5, 0.6) is 11.5 Å². The van der Waals surface area contributed by atoms with E-state index < -0.39 is 12.2 Å². The zero-order valence-corrected chi connectivity index (χ0v) is 17.5. The number of anilines is 3. The summed E-state index contributed by atoms with van der Waals surface area (Å²) < 4.78 is 11.2. The van der Waals surface area contributed by atoms with E-state index in [0.717, 1.165) is 11.3 Å². The number of urea groups is 1. The fourth-order valence-electron chi connectivity index (χ4n) is 3.69. The van der Waals surface area contributed by atoms with Crippen molar-refractivity contribution in [3.8, 4) is 11.5 Å². The van der Waals surface area contributed by atoms with Gasteiger partial charge in [0.25, 0.3) is 0 Å². The summed E-state index contributed by atoms with van der Waals surface area (Å²) in [7, 11) is 0. The lowest BCUT2D eigenvalue weighted by molar-refractivity contribution is 0.256. The first kappa shape index (κ1) is 20.3. The molecule has 4 N–H and O–H groups in total. The highest BCUT2D eigenvalue weighted by Crippen LogP contribution is 2.35. The second-order valence-electron chi connectivity index (χ2n) is 7.38. The van der Waals surface area contributed by atoms with Crippen LogP contribution < -0.4 is 26.0 Å². The van der Waals surface area contributed by atoms with Gasteiger partial charge in [-0.1, -0.05) is 24.3 Å². The van der Waals surface area contributed by atoms with Gasteiger partial charge in [-0.15, -0.1) is 0 Å². The van der Waals surface area contributed by atoms with Gasteiger partial charge >= 0.3 is 6.03 Å². The predicted molar refractivity (Wildman–Crippen MR) is 127 cm³/mol. The molecule has 4 aromatic rings. The van der Waals surface area contributed by atoms with Gasteiger partial charge in [-0.25, -0.2) is 9.79 Å². The first-order valence-electron chi connectivity index (χ1n) is 10.3. The number of carbonyl (C=O) groups is 1. The molecule has 2 heterocycles. The Bertz CT molecular complexity index is 1300. The molecule has 0 saturated heterocycles. The van der Waals surface area contributed by atoms with Crippen molar-refractivity contribution in [1.29, 1.82) is 0 Å². The van der Waals surface area contributed by atoms with E-state index in [1.807, 2.05) is 59.5 Å². The van der Waals surface area contributed by atoms with Crippen LogP contribution in [-0.2, 0) is 0 Å². The number of primary amides is 1. The van der Waals surface area contributed by atoms with Gasteiger partial charge in [0.2, 0.25) is 5.88 Å². The molecule has 2 amide bonds.